The Labute approximate surface area is 114 Å². The fourth-order valence-electron chi connectivity index (χ4n) is 2.70. The molecule has 2 rings (SSSR count). The van der Waals surface area contributed by atoms with Crippen LogP contribution in [0.25, 0.3) is 0 Å². The van der Waals surface area contributed by atoms with Gasteiger partial charge in [0, 0.05) is 32.1 Å². The number of carbonyl (C=O) groups excluding carboxylic acids is 2. The lowest BCUT2D eigenvalue weighted by Gasteiger charge is -2.36. The Morgan fingerprint density at radius 1 is 1.21 bits per heavy atom. The number of hydrogen-bond donors (Lipinski definition) is 0. The molecule has 0 N–H and O–H groups in total. The van der Waals surface area contributed by atoms with Crippen molar-refractivity contribution >= 4 is 11.9 Å². The number of Topliss-reactive ketones (excluding diaryl/α,β-unsaturated/α-hetero) is 1. The number of ether oxygens (including phenoxy) is 1. The molecule has 5 heteroatoms. The second-order valence-corrected chi connectivity index (χ2v) is 6.46. The van der Waals surface area contributed by atoms with Crippen molar-refractivity contribution in [3.05, 3.63) is 0 Å². The highest BCUT2D eigenvalue weighted by Gasteiger charge is 2.32. The van der Waals surface area contributed by atoms with Gasteiger partial charge in [-0.2, -0.15) is 0 Å². The first-order chi connectivity index (χ1) is 8.85. The Bertz CT molecular complexity index is 354. The van der Waals surface area contributed by atoms with Gasteiger partial charge in [-0.25, -0.2) is 4.79 Å². The monoisotopic (exact) mass is 268 g/mol. The number of rotatable bonds is 1. The molecule has 2 aliphatic heterocycles. The third kappa shape index (κ3) is 3.93. The van der Waals surface area contributed by atoms with E-state index in [1.807, 2.05) is 20.8 Å². The zero-order chi connectivity index (χ0) is 14.0. The molecule has 0 aromatic rings. The van der Waals surface area contributed by atoms with Crippen molar-refractivity contribution in [3.8, 4) is 0 Å². The summed E-state index contributed by atoms with van der Waals surface area (Å²) in [6, 6.07) is 0.449. The van der Waals surface area contributed by atoms with E-state index in [-0.39, 0.29) is 6.09 Å². The molecule has 5 nitrogen and oxygen atoms in total. The number of likely N-dealkylation sites (tertiary alicyclic amines) is 2. The standard InChI is InChI=1S/C14H24N2O3/c1-14(2,3)19-13(18)15-7-4-11(5-8-15)16-9-6-12(17)10-16/h11H,4-10H2,1-3H3. The molecular weight excluding hydrogens is 244 g/mol. The minimum absolute atomic E-state index is 0.219. The summed E-state index contributed by atoms with van der Waals surface area (Å²) in [7, 11) is 0. The van der Waals surface area contributed by atoms with Crippen LogP contribution >= 0.6 is 0 Å². The Kier molecular flexibility index (Phi) is 4.13. The van der Waals surface area contributed by atoms with E-state index < -0.39 is 5.60 Å². The Balaban J connectivity index is 1.79. The van der Waals surface area contributed by atoms with Crippen LogP contribution in [0.5, 0.6) is 0 Å². The highest BCUT2D eigenvalue weighted by molar-refractivity contribution is 5.82. The molecule has 19 heavy (non-hydrogen) atoms. The van der Waals surface area contributed by atoms with E-state index in [0.29, 0.717) is 24.8 Å². The van der Waals surface area contributed by atoms with Crippen LogP contribution < -0.4 is 0 Å². The summed E-state index contributed by atoms with van der Waals surface area (Å²) in [6.07, 6.45) is 2.34. The first kappa shape index (κ1) is 14.3. The molecule has 0 saturated carbocycles. The van der Waals surface area contributed by atoms with E-state index in [0.717, 1.165) is 32.5 Å². The molecule has 0 atom stereocenters. The van der Waals surface area contributed by atoms with Gasteiger partial charge < -0.3 is 9.64 Å². The first-order valence-electron chi connectivity index (χ1n) is 7.09. The van der Waals surface area contributed by atoms with E-state index in [1.165, 1.54) is 0 Å². The lowest BCUT2D eigenvalue weighted by atomic mass is 10.0. The van der Waals surface area contributed by atoms with Crippen molar-refractivity contribution in [2.24, 2.45) is 0 Å². The summed E-state index contributed by atoms with van der Waals surface area (Å²) in [5.41, 5.74) is -0.435. The summed E-state index contributed by atoms with van der Waals surface area (Å²) < 4.78 is 5.37. The van der Waals surface area contributed by atoms with Gasteiger partial charge in [-0.1, -0.05) is 0 Å². The highest BCUT2D eigenvalue weighted by atomic mass is 16.6. The van der Waals surface area contributed by atoms with Crippen LogP contribution in [0.15, 0.2) is 0 Å². The predicted octanol–water partition coefficient (Wildman–Crippen LogP) is 1.66. The van der Waals surface area contributed by atoms with Gasteiger partial charge in [0.15, 0.2) is 0 Å². The minimum atomic E-state index is -0.435. The third-order valence-corrected chi connectivity index (χ3v) is 3.69. The minimum Gasteiger partial charge on any atom is -0.444 e. The number of piperidine rings is 1. The molecule has 2 fully saturated rings. The van der Waals surface area contributed by atoms with Gasteiger partial charge in [0.1, 0.15) is 11.4 Å². The molecule has 2 saturated heterocycles. The average Bonchev–Trinajstić information content (AvgIpc) is 2.74. The zero-order valence-corrected chi connectivity index (χ0v) is 12.1. The molecule has 0 unspecified atom stereocenters. The maximum atomic E-state index is 11.9. The SMILES string of the molecule is CC(C)(C)OC(=O)N1CCC(N2CCC(=O)C2)CC1. The maximum Gasteiger partial charge on any atom is 0.410 e. The predicted molar refractivity (Wildman–Crippen MR) is 72.0 cm³/mol. The Hall–Kier alpha value is -1.10. The quantitative estimate of drug-likeness (QED) is 0.726. The summed E-state index contributed by atoms with van der Waals surface area (Å²) in [6.45, 7) is 8.58. The van der Waals surface area contributed by atoms with Gasteiger partial charge in [-0.3, -0.25) is 9.69 Å². The molecule has 0 aromatic heterocycles. The van der Waals surface area contributed by atoms with Gasteiger partial charge >= 0.3 is 6.09 Å². The molecule has 0 aliphatic carbocycles. The second-order valence-electron chi connectivity index (χ2n) is 6.46. The second kappa shape index (κ2) is 5.49. The van der Waals surface area contributed by atoms with Gasteiger partial charge in [0.25, 0.3) is 0 Å². The van der Waals surface area contributed by atoms with E-state index >= 15 is 0 Å². The number of amides is 1. The normalized spacial score (nSPS) is 22.9. The molecule has 2 aliphatic rings. The van der Waals surface area contributed by atoms with Gasteiger partial charge in [0.2, 0.25) is 0 Å². The maximum absolute atomic E-state index is 11.9. The van der Waals surface area contributed by atoms with Crippen LogP contribution in [0, 0.1) is 0 Å². The topological polar surface area (TPSA) is 49.9 Å². The third-order valence-electron chi connectivity index (χ3n) is 3.69. The smallest absolute Gasteiger partial charge is 0.410 e. The summed E-state index contributed by atoms with van der Waals surface area (Å²) >= 11 is 0. The van der Waals surface area contributed by atoms with Crippen LogP contribution in [0.3, 0.4) is 0 Å². The fourth-order valence-corrected chi connectivity index (χ4v) is 2.70. The molecule has 2 heterocycles. The lowest BCUT2D eigenvalue weighted by Crippen LogP contribution is -2.47. The summed E-state index contributed by atoms with van der Waals surface area (Å²) in [5, 5.41) is 0. The summed E-state index contributed by atoms with van der Waals surface area (Å²) in [5.74, 6) is 0.342. The van der Waals surface area contributed by atoms with Gasteiger partial charge in [-0.15, -0.1) is 0 Å². The van der Waals surface area contributed by atoms with E-state index in [1.54, 1.807) is 4.90 Å². The molecular formula is C14H24N2O3. The molecule has 0 aromatic carbocycles. The lowest BCUT2D eigenvalue weighted by molar-refractivity contribution is -0.117. The highest BCUT2D eigenvalue weighted by Crippen LogP contribution is 2.21. The van der Waals surface area contributed by atoms with Crippen LogP contribution in [0.1, 0.15) is 40.0 Å². The van der Waals surface area contributed by atoms with Crippen LogP contribution in [0.4, 0.5) is 4.79 Å². The van der Waals surface area contributed by atoms with Crippen LogP contribution in [0.2, 0.25) is 0 Å². The zero-order valence-electron chi connectivity index (χ0n) is 12.1. The average molecular weight is 268 g/mol. The van der Waals surface area contributed by atoms with Crippen molar-refractivity contribution < 1.29 is 14.3 Å². The van der Waals surface area contributed by atoms with E-state index in [9.17, 15) is 9.59 Å². The first-order valence-corrected chi connectivity index (χ1v) is 7.09. The molecule has 1 amide bonds. The number of carbonyl (C=O) groups is 2. The van der Waals surface area contributed by atoms with Crippen molar-refractivity contribution in [2.75, 3.05) is 26.2 Å². The van der Waals surface area contributed by atoms with Crippen molar-refractivity contribution in [1.29, 1.82) is 0 Å². The van der Waals surface area contributed by atoms with Gasteiger partial charge in [-0.05, 0) is 33.6 Å². The number of hydrogen-bond acceptors (Lipinski definition) is 4. The Morgan fingerprint density at radius 3 is 2.32 bits per heavy atom. The van der Waals surface area contributed by atoms with E-state index in [4.69, 9.17) is 4.74 Å². The van der Waals surface area contributed by atoms with Crippen LogP contribution in [-0.2, 0) is 9.53 Å². The van der Waals surface area contributed by atoms with Crippen molar-refractivity contribution in [2.45, 2.75) is 51.7 Å². The summed E-state index contributed by atoms with van der Waals surface area (Å²) in [4.78, 5) is 27.3. The number of nitrogens with zero attached hydrogens (tertiary/aromatic N) is 2. The molecule has 0 radical (unpaired) electrons. The Morgan fingerprint density at radius 2 is 1.84 bits per heavy atom. The largest absolute Gasteiger partial charge is 0.444 e. The number of ketones is 1. The molecule has 0 bridgehead atoms. The van der Waals surface area contributed by atoms with Crippen molar-refractivity contribution in [3.63, 3.8) is 0 Å². The fraction of sp³-hybridized carbons (Fsp3) is 0.857. The van der Waals surface area contributed by atoms with Crippen LogP contribution in [-0.4, -0.2) is 59.5 Å². The van der Waals surface area contributed by atoms with Gasteiger partial charge in [0.05, 0.1) is 6.54 Å². The molecule has 108 valence electrons. The van der Waals surface area contributed by atoms with E-state index in [2.05, 4.69) is 4.90 Å². The molecule has 0 spiro atoms. The van der Waals surface area contributed by atoms with Crippen molar-refractivity contribution in [1.82, 2.24) is 9.80 Å².